The number of esters is 1. The summed E-state index contributed by atoms with van der Waals surface area (Å²) in [5.41, 5.74) is -0.0703. The molecular weight excluding hydrogens is 282 g/mol. The van der Waals surface area contributed by atoms with Gasteiger partial charge in [-0.15, -0.1) is 0 Å². The molecule has 0 fully saturated rings. The molecule has 1 aromatic carbocycles. The fraction of sp³-hybridized carbons (Fsp3) is 0.375. The number of aromatic nitrogens is 2. The van der Waals surface area contributed by atoms with E-state index in [0.717, 1.165) is 6.42 Å². The summed E-state index contributed by atoms with van der Waals surface area (Å²) in [7, 11) is 0. The van der Waals surface area contributed by atoms with E-state index in [0.29, 0.717) is 30.2 Å². The minimum Gasteiger partial charge on any atom is -0.461 e. The molecule has 0 saturated heterocycles. The first-order valence-corrected chi connectivity index (χ1v) is 7.23. The van der Waals surface area contributed by atoms with Gasteiger partial charge in [-0.05, 0) is 18.9 Å². The number of unbranched alkanes of at least 4 members (excludes halogenated alkanes) is 1. The Bertz CT molecular complexity index is 774. The van der Waals surface area contributed by atoms with Gasteiger partial charge >= 0.3 is 5.97 Å². The minimum absolute atomic E-state index is 0.139. The lowest BCUT2D eigenvalue weighted by molar-refractivity contribution is 0.0494. The van der Waals surface area contributed by atoms with Crippen molar-refractivity contribution in [2.45, 2.75) is 32.7 Å². The molecular formula is C16H17N3O3. The second-order valence-corrected chi connectivity index (χ2v) is 4.82. The molecule has 114 valence electrons. The van der Waals surface area contributed by atoms with Crippen molar-refractivity contribution >= 4 is 16.7 Å². The van der Waals surface area contributed by atoms with Gasteiger partial charge in [0.2, 0.25) is 0 Å². The Morgan fingerprint density at radius 3 is 2.77 bits per heavy atom. The normalized spacial score (nSPS) is 10.4. The van der Waals surface area contributed by atoms with Crippen LogP contribution in [0.15, 0.2) is 29.1 Å². The molecule has 0 unspecified atom stereocenters. The third-order valence-corrected chi connectivity index (χ3v) is 3.16. The van der Waals surface area contributed by atoms with E-state index in [-0.39, 0.29) is 17.9 Å². The number of nitrogens with zero attached hydrogens (tertiary/aromatic N) is 3. The molecule has 0 bridgehead atoms. The molecule has 6 heteroatoms. The number of rotatable bonds is 6. The first kappa shape index (κ1) is 15.7. The average molecular weight is 299 g/mol. The van der Waals surface area contributed by atoms with E-state index < -0.39 is 5.97 Å². The van der Waals surface area contributed by atoms with Gasteiger partial charge < -0.3 is 4.74 Å². The highest BCUT2D eigenvalue weighted by Gasteiger charge is 2.17. The van der Waals surface area contributed by atoms with Crippen LogP contribution in [0.25, 0.3) is 10.8 Å². The van der Waals surface area contributed by atoms with Crippen molar-refractivity contribution in [1.82, 2.24) is 9.78 Å². The van der Waals surface area contributed by atoms with E-state index in [4.69, 9.17) is 10.00 Å². The Morgan fingerprint density at radius 1 is 1.36 bits per heavy atom. The maximum absolute atomic E-state index is 12.3. The van der Waals surface area contributed by atoms with Gasteiger partial charge in [0, 0.05) is 18.4 Å². The molecule has 0 amide bonds. The van der Waals surface area contributed by atoms with Gasteiger partial charge in [0.25, 0.3) is 5.56 Å². The van der Waals surface area contributed by atoms with Crippen LogP contribution in [0.4, 0.5) is 0 Å². The fourth-order valence-electron chi connectivity index (χ4n) is 2.13. The summed E-state index contributed by atoms with van der Waals surface area (Å²) in [5.74, 6) is -0.570. The number of carbonyl (C=O) groups excluding carboxylic acids is 1. The zero-order chi connectivity index (χ0) is 15.9. The molecule has 6 nitrogen and oxygen atoms in total. The number of hydrogen-bond donors (Lipinski definition) is 0. The molecule has 0 N–H and O–H groups in total. The Morgan fingerprint density at radius 2 is 2.09 bits per heavy atom. The Labute approximate surface area is 127 Å². The molecule has 0 atom stereocenters. The molecule has 2 aromatic rings. The highest BCUT2D eigenvalue weighted by molar-refractivity contribution is 6.02. The van der Waals surface area contributed by atoms with Crippen molar-refractivity contribution in [3.8, 4) is 6.07 Å². The van der Waals surface area contributed by atoms with Crippen LogP contribution in [0.3, 0.4) is 0 Å². The van der Waals surface area contributed by atoms with Crippen LogP contribution in [-0.4, -0.2) is 22.4 Å². The number of benzene rings is 1. The van der Waals surface area contributed by atoms with Crippen molar-refractivity contribution in [3.63, 3.8) is 0 Å². The van der Waals surface area contributed by atoms with Crippen LogP contribution in [0.2, 0.25) is 0 Å². The van der Waals surface area contributed by atoms with E-state index in [9.17, 15) is 9.59 Å². The van der Waals surface area contributed by atoms with E-state index in [2.05, 4.69) is 5.10 Å². The standard InChI is InChI=1S/C16H17N3O3/c1-2-10-19-15(20)13-8-4-3-7-12(13)14(18-19)16(21)22-11-6-5-9-17/h3-4,7-8H,2,5-6,10-11H2,1H3. The summed E-state index contributed by atoms with van der Waals surface area (Å²) < 4.78 is 6.44. The summed E-state index contributed by atoms with van der Waals surface area (Å²) in [4.78, 5) is 24.5. The van der Waals surface area contributed by atoms with Crippen molar-refractivity contribution in [3.05, 3.63) is 40.3 Å². The first-order chi connectivity index (χ1) is 10.7. The van der Waals surface area contributed by atoms with E-state index in [1.807, 2.05) is 13.0 Å². The number of aryl methyl sites for hydroxylation is 1. The zero-order valence-corrected chi connectivity index (χ0v) is 12.4. The van der Waals surface area contributed by atoms with Crippen LogP contribution >= 0.6 is 0 Å². The molecule has 0 aliphatic rings. The van der Waals surface area contributed by atoms with Crippen molar-refractivity contribution in [2.24, 2.45) is 0 Å². The largest absolute Gasteiger partial charge is 0.461 e. The molecule has 0 radical (unpaired) electrons. The molecule has 0 aliphatic heterocycles. The van der Waals surface area contributed by atoms with Gasteiger partial charge in [-0.2, -0.15) is 10.4 Å². The van der Waals surface area contributed by atoms with Gasteiger partial charge in [-0.25, -0.2) is 9.48 Å². The third kappa shape index (κ3) is 3.31. The Kier molecular flexibility index (Phi) is 5.26. The molecule has 1 aromatic heterocycles. The summed E-state index contributed by atoms with van der Waals surface area (Å²) in [6.45, 7) is 2.54. The topological polar surface area (TPSA) is 85.0 Å². The molecule has 22 heavy (non-hydrogen) atoms. The van der Waals surface area contributed by atoms with Gasteiger partial charge in [-0.3, -0.25) is 4.79 Å². The lowest BCUT2D eigenvalue weighted by Crippen LogP contribution is -2.26. The predicted molar refractivity (Wildman–Crippen MR) is 81.4 cm³/mol. The van der Waals surface area contributed by atoms with Gasteiger partial charge in [0.05, 0.1) is 18.1 Å². The number of fused-ring (bicyclic) bond motifs is 1. The third-order valence-electron chi connectivity index (χ3n) is 3.16. The monoisotopic (exact) mass is 299 g/mol. The van der Waals surface area contributed by atoms with Gasteiger partial charge in [0.15, 0.2) is 5.69 Å². The number of hydrogen-bond acceptors (Lipinski definition) is 5. The van der Waals surface area contributed by atoms with E-state index in [1.165, 1.54) is 4.68 Å². The molecule has 0 saturated carbocycles. The maximum atomic E-state index is 12.3. The SMILES string of the molecule is CCCn1nc(C(=O)OCCCC#N)c2ccccc2c1=O. The van der Waals surface area contributed by atoms with Crippen LogP contribution < -0.4 is 5.56 Å². The van der Waals surface area contributed by atoms with E-state index >= 15 is 0 Å². The van der Waals surface area contributed by atoms with Crippen molar-refractivity contribution < 1.29 is 9.53 Å². The first-order valence-electron chi connectivity index (χ1n) is 7.23. The predicted octanol–water partition coefficient (Wildman–Crippen LogP) is 2.27. The molecule has 1 heterocycles. The summed E-state index contributed by atoms with van der Waals surface area (Å²) in [5, 5.41) is 13.6. The highest BCUT2D eigenvalue weighted by atomic mass is 16.5. The van der Waals surface area contributed by atoms with Crippen molar-refractivity contribution in [2.75, 3.05) is 6.61 Å². The smallest absolute Gasteiger partial charge is 0.359 e. The maximum Gasteiger partial charge on any atom is 0.359 e. The van der Waals surface area contributed by atoms with Crippen LogP contribution in [0.5, 0.6) is 0 Å². The average Bonchev–Trinajstić information content (AvgIpc) is 2.54. The molecule has 0 spiro atoms. The van der Waals surface area contributed by atoms with Crippen LogP contribution in [-0.2, 0) is 11.3 Å². The second kappa shape index (κ2) is 7.36. The Hall–Kier alpha value is -2.68. The Balaban J connectivity index is 2.39. The molecule has 2 rings (SSSR count). The summed E-state index contributed by atoms with van der Waals surface area (Å²) >= 11 is 0. The minimum atomic E-state index is -0.570. The second-order valence-electron chi connectivity index (χ2n) is 4.82. The quantitative estimate of drug-likeness (QED) is 0.603. The van der Waals surface area contributed by atoms with E-state index in [1.54, 1.807) is 24.3 Å². The van der Waals surface area contributed by atoms with Crippen LogP contribution in [0, 0.1) is 11.3 Å². The number of ether oxygens (including phenoxy) is 1. The number of nitriles is 1. The van der Waals surface area contributed by atoms with Gasteiger partial charge in [0.1, 0.15) is 0 Å². The summed E-state index contributed by atoms with van der Waals surface area (Å²) in [6, 6.07) is 8.86. The van der Waals surface area contributed by atoms with Crippen LogP contribution in [0.1, 0.15) is 36.7 Å². The number of carbonyl (C=O) groups is 1. The zero-order valence-electron chi connectivity index (χ0n) is 12.4. The fourth-order valence-corrected chi connectivity index (χ4v) is 2.13. The summed E-state index contributed by atoms with van der Waals surface area (Å²) in [6.07, 6.45) is 1.55. The lowest BCUT2D eigenvalue weighted by atomic mass is 10.1. The lowest BCUT2D eigenvalue weighted by Gasteiger charge is -2.10. The highest BCUT2D eigenvalue weighted by Crippen LogP contribution is 2.14. The van der Waals surface area contributed by atoms with Crippen molar-refractivity contribution in [1.29, 1.82) is 5.26 Å². The molecule has 0 aliphatic carbocycles. The van der Waals surface area contributed by atoms with Gasteiger partial charge in [-0.1, -0.05) is 25.1 Å².